The highest BCUT2D eigenvalue weighted by molar-refractivity contribution is 7.24. The first-order chi connectivity index (χ1) is 8.15. The third-order valence-corrected chi connectivity index (χ3v) is 4.56. The van der Waals surface area contributed by atoms with E-state index in [-0.39, 0.29) is 0 Å². The molecule has 0 atom stereocenters. The van der Waals surface area contributed by atoms with E-state index in [2.05, 4.69) is 31.0 Å². The zero-order valence-electron chi connectivity index (χ0n) is 9.81. The number of thiophene rings is 1. The van der Waals surface area contributed by atoms with E-state index in [1.54, 1.807) is 22.7 Å². The maximum Gasteiger partial charge on any atom is 0.133 e. The normalized spacial score (nSPS) is 11.8. The highest BCUT2D eigenvalue weighted by atomic mass is 35.5. The van der Waals surface area contributed by atoms with Gasteiger partial charge in [0, 0.05) is 11.1 Å². The second-order valence-electron chi connectivity index (χ2n) is 4.20. The van der Waals surface area contributed by atoms with Gasteiger partial charge in [-0.05, 0) is 30.5 Å². The summed E-state index contributed by atoms with van der Waals surface area (Å²) in [6.45, 7) is 4.44. The Hall–Kier alpha value is -0.640. The van der Waals surface area contributed by atoms with Crippen LogP contribution >= 0.6 is 34.3 Å². The standard InChI is InChI=1S/C13H14ClNS2/c1-9(2)4-3-5-10-8-15-13(16-10)11-6-7-12(14)17-11/h3,5-9H,4H2,1-2H3/b5-3+. The van der Waals surface area contributed by atoms with Gasteiger partial charge in [-0.15, -0.1) is 22.7 Å². The van der Waals surface area contributed by atoms with Crippen LogP contribution in [-0.4, -0.2) is 4.98 Å². The lowest BCUT2D eigenvalue weighted by molar-refractivity contribution is 0.665. The molecule has 4 heteroatoms. The third-order valence-electron chi connectivity index (χ3n) is 2.20. The molecule has 2 aromatic rings. The number of allylic oxidation sites excluding steroid dienone is 1. The third kappa shape index (κ3) is 3.66. The number of rotatable bonds is 4. The van der Waals surface area contributed by atoms with Crippen molar-refractivity contribution in [1.29, 1.82) is 0 Å². The fourth-order valence-electron chi connectivity index (χ4n) is 1.36. The van der Waals surface area contributed by atoms with Gasteiger partial charge >= 0.3 is 0 Å². The van der Waals surface area contributed by atoms with E-state index in [4.69, 9.17) is 11.6 Å². The molecule has 0 aliphatic heterocycles. The summed E-state index contributed by atoms with van der Waals surface area (Å²) < 4.78 is 0.812. The van der Waals surface area contributed by atoms with Crippen LogP contribution in [0.15, 0.2) is 24.4 Å². The molecule has 2 rings (SSSR count). The molecule has 0 radical (unpaired) electrons. The fraction of sp³-hybridized carbons (Fsp3) is 0.308. The van der Waals surface area contributed by atoms with Crippen LogP contribution < -0.4 is 0 Å². The van der Waals surface area contributed by atoms with Crippen molar-refractivity contribution >= 4 is 40.4 Å². The summed E-state index contributed by atoms with van der Waals surface area (Å²) in [5.41, 5.74) is 0. The fourth-order valence-corrected chi connectivity index (χ4v) is 3.31. The molecule has 2 heterocycles. The Labute approximate surface area is 115 Å². The monoisotopic (exact) mass is 283 g/mol. The predicted octanol–water partition coefficient (Wildman–Crippen LogP) is 5.58. The number of thiazole rings is 1. The molecule has 0 saturated carbocycles. The van der Waals surface area contributed by atoms with Gasteiger partial charge < -0.3 is 0 Å². The summed E-state index contributed by atoms with van der Waals surface area (Å²) >= 11 is 9.19. The topological polar surface area (TPSA) is 12.9 Å². The van der Waals surface area contributed by atoms with Gasteiger partial charge in [-0.2, -0.15) is 0 Å². The molecule has 0 aromatic carbocycles. The molecular weight excluding hydrogens is 270 g/mol. The average Bonchev–Trinajstić information content (AvgIpc) is 2.86. The van der Waals surface area contributed by atoms with Crippen LogP contribution in [-0.2, 0) is 0 Å². The van der Waals surface area contributed by atoms with Crippen LogP contribution in [0.5, 0.6) is 0 Å². The zero-order valence-corrected chi connectivity index (χ0v) is 12.2. The number of halogens is 1. The van der Waals surface area contributed by atoms with Crippen molar-refractivity contribution < 1.29 is 0 Å². The van der Waals surface area contributed by atoms with Gasteiger partial charge in [-0.25, -0.2) is 4.98 Å². The predicted molar refractivity (Wildman–Crippen MR) is 78.9 cm³/mol. The Kier molecular flexibility index (Phi) is 4.37. The molecule has 0 aliphatic rings. The van der Waals surface area contributed by atoms with Crippen LogP contribution in [0.2, 0.25) is 4.34 Å². The van der Waals surface area contributed by atoms with Crippen molar-refractivity contribution in [1.82, 2.24) is 4.98 Å². The summed E-state index contributed by atoms with van der Waals surface area (Å²) in [6.07, 6.45) is 7.39. The van der Waals surface area contributed by atoms with E-state index in [9.17, 15) is 0 Å². The summed E-state index contributed by atoms with van der Waals surface area (Å²) in [6, 6.07) is 3.94. The van der Waals surface area contributed by atoms with Crippen molar-refractivity contribution in [2.45, 2.75) is 20.3 Å². The second kappa shape index (κ2) is 5.80. The zero-order chi connectivity index (χ0) is 12.3. The van der Waals surface area contributed by atoms with Gasteiger partial charge in [0.05, 0.1) is 9.21 Å². The van der Waals surface area contributed by atoms with Gasteiger partial charge in [-0.3, -0.25) is 0 Å². The van der Waals surface area contributed by atoms with Crippen molar-refractivity contribution in [3.05, 3.63) is 33.6 Å². The lowest BCUT2D eigenvalue weighted by Gasteiger charge is -1.95. The Balaban J connectivity index is 2.08. The molecule has 0 spiro atoms. The number of hydrogen-bond acceptors (Lipinski definition) is 3. The number of aromatic nitrogens is 1. The Bertz CT molecular complexity index is 511. The first-order valence-corrected chi connectivity index (χ1v) is 7.54. The van der Waals surface area contributed by atoms with E-state index in [0.717, 1.165) is 20.6 Å². The van der Waals surface area contributed by atoms with E-state index >= 15 is 0 Å². The largest absolute Gasteiger partial charge is 0.243 e. The minimum atomic E-state index is 0.703. The van der Waals surface area contributed by atoms with Crippen LogP contribution in [0.3, 0.4) is 0 Å². The van der Waals surface area contributed by atoms with Gasteiger partial charge in [0.2, 0.25) is 0 Å². The molecule has 0 N–H and O–H groups in total. The van der Waals surface area contributed by atoms with Gasteiger partial charge in [0.25, 0.3) is 0 Å². The molecule has 1 nitrogen and oxygen atoms in total. The summed E-state index contributed by atoms with van der Waals surface area (Å²) in [5, 5.41) is 1.05. The molecule has 0 unspecified atom stereocenters. The SMILES string of the molecule is CC(C)C/C=C/c1cnc(-c2ccc(Cl)s2)s1. The molecule has 0 aliphatic carbocycles. The Morgan fingerprint density at radius 2 is 2.18 bits per heavy atom. The average molecular weight is 284 g/mol. The van der Waals surface area contributed by atoms with E-state index in [1.807, 2.05) is 18.3 Å². The first-order valence-electron chi connectivity index (χ1n) is 5.53. The molecule has 0 amide bonds. The van der Waals surface area contributed by atoms with Crippen molar-refractivity contribution in [3.63, 3.8) is 0 Å². The molecule has 0 fully saturated rings. The minimum Gasteiger partial charge on any atom is -0.243 e. The number of hydrogen-bond donors (Lipinski definition) is 0. The Morgan fingerprint density at radius 3 is 2.82 bits per heavy atom. The van der Waals surface area contributed by atoms with Crippen molar-refractivity contribution in [3.8, 4) is 9.88 Å². The lowest BCUT2D eigenvalue weighted by Crippen LogP contribution is -1.80. The van der Waals surface area contributed by atoms with Crippen molar-refractivity contribution in [2.75, 3.05) is 0 Å². The molecule has 0 saturated heterocycles. The molecule has 2 aromatic heterocycles. The van der Waals surface area contributed by atoms with Gasteiger partial charge in [0.15, 0.2) is 0 Å². The first kappa shape index (κ1) is 12.8. The van der Waals surface area contributed by atoms with Crippen LogP contribution in [0.4, 0.5) is 0 Å². The van der Waals surface area contributed by atoms with Crippen LogP contribution in [0, 0.1) is 5.92 Å². The molecule has 0 bridgehead atoms. The maximum absolute atomic E-state index is 5.92. The highest BCUT2D eigenvalue weighted by Crippen LogP contribution is 2.33. The summed E-state index contributed by atoms with van der Waals surface area (Å²) in [4.78, 5) is 6.76. The lowest BCUT2D eigenvalue weighted by atomic mass is 10.1. The van der Waals surface area contributed by atoms with E-state index in [0.29, 0.717) is 5.92 Å². The molecule has 17 heavy (non-hydrogen) atoms. The van der Waals surface area contributed by atoms with Gasteiger partial charge in [-0.1, -0.05) is 31.5 Å². The molecular formula is C13H14ClNS2. The highest BCUT2D eigenvalue weighted by Gasteiger charge is 2.05. The second-order valence-corrected chi connectivity index (χ2v) is 6.98. The Morgan fingerprint density at radius 1 is 1.35 bits per heavy atom. The van der Waals surface area contributed by atoms with E-state index in [1.165, 1.54) is 4.88 Å². The quantitative estimate of drug-likeness (QED) is 0.713. The van der Waals surface area contributed by atoms with Gasteiger partial charge in [0.1, 0.15) is 5.01 Å². The summed E-state index contributed by atoms with van der Waals surface area (Å²) in [7, 11) is 0. The maximum atomic E-state index is 5.92. The summed E-state index contributed by atoms with van der Waals surface area (Å²) in [5.74, 6) is 0.703. The number of nitrogens with zero attached hydrogens (tertiary/aromatic N) is 1. The molecule has 90 valence electrons. The van der Waals surface area contributed by atoms with Crippen molar-refractivity contribution in [2.24, 2.45) is 5.92 Å². The van der Waals surface area contributed by atoms with Crippen LogP contribution in [0.25, 0.3) is 16.0 Å². The smallest absolute Gasteiger partial charge is 0.133 e. The minimum absolute atomic E-state index is 0.703. The van der Waals surface area contributed by atoms with Crippen LogP contribution in [0.1, 0.15) is 25.1 Å². The van der Waals surface area contributed by atoms with E-state index < -0.39 is 0 Å².